The van der Waals surface area contributed by atoms with Crippen LogP contribution >= 0.6 is 11.6 Å². The van der Waals surface area contributed by atoms with Crippen molar-refractivity contribution in [1.29, 1.82) is 0 Å². The summed E-state index contributed by atoms with van der Waals surface area (Å²) in [6.07, 6.45) is 1.26. The van der Waals surface area contributed by atoms with Crippen molar-refractivity contribution < 1.29 is 14.9 Å². The summed E-state index contributed by atoms with van der Waals surface area (Å²) in [6.45, 7) is 0. The smallest absolute Gasteiger partial charge is 0.165 e. The number of aliphatic hydroxyl groups is 1. The minimum Gasteiger partial charge on any atom is -0.504 e. The van der Waals surface area contributed by atoms with E-state index >= 15 is 0 Å². The lowest BCUT2D eigenvalue weighted by molar-refractivity contribution is 0.147. The summed E-state index contributed by atoms with van der Waals surface area (Å²) in [4.78, 5) is 0. The number of ether oxygens (including phenoxy) is 1. The second kappa shape index (κ2) is 3.04. The van der Waals surface area contributed by atoms with Crippen LogP contribution < -0.4 is 4.74 Å². The number of halogens is 1. The lowest BCUT2D eigenvalue weighted by Crippen LogP contribution is -2.06. The Hall–Kier alpha value is -0.930. The molecule has 0 saturated heterocycles. The Kier molecular flexibility index (Phi) is 2.09. The fraction of sp³-hybridized carbons (Fsp3) is 0.400. The Morgan fingerprint density at radius 2 is 2.07 bits per heavy atom. The molecule has 4 heteroatoms. The highest BCUT2D eigenvalue weighted by atomic mass is 35.5. The number of rotatable bonds is 2. The molecule has 1 aliphatic carbocycles. The molecule has 0 aromatic heterocycles. The van der Waals surface area contributed by atoms with Crippen LogP contribution in [0, 0.1) is 0 Å². The summed E-state index contributed by atoms with van der Waals surface area (Å²) < 4.78 is 4.94. The van der Waals surface area contributed by atoms with Gasteiger partial charge in [-0.15, -0.1) is 0 Å². The molecule has 0 atom stereocenters. The maximum Gasteiger partial charge on any atom is 0.165 e. The summed E-state index contributed by atoms with van der Waals surface area (Å²) in [5.74, 6) is 0.282. The van der Waals surface area contributed by atoms with Crippen LogP contribution in [0.2, 0.25) is 5.02 Å². The van der Waals surface area contributed by atoms with Crippen LogP contribution in [0.1, 0.15) is 18.4 Å². The van der Waals surface area contributed by atoms with E-state index in [1.54, 1.807) is 12.1 Å². The number of benzene rings is 1. The van der Waals surface area contributed by atoms with Gasteiger partial charge < -0.3 is 14.9 Å². The van der Waals surface area contributed by atoms with Gasteiger partial charge in [0.15, 0.2) is 11.5 Å². The minimum absolute atomic E-state index is 0.0556. The molecule has 14 heavy (non-hydrogen) atoms. The molecule has 0 radical (unpaired) electrons. The highest BCUT2D eigenvalue weighted by Gasteiger charge is 2.46. The van der Waals surface area contributed by atoms with Crippen LogP contribution in [0.5, 0.6) is 11.5 Å². The zero-order valence-corrected chi connectivity index (χ0v) is 8.51. The average Bonchev–Trinajstić information content (AvgIpc) is 2.85. The normalized spacial score (nSPS) is 17.9. The monoisotopic (exact) mass is 214 g/mol. The number of hydrogen-bond acceptors (Lipinski definition) is 3. The van der Waals surface area contributed by atoms with Crippen molar-refractivity contribution in [1.82, 2.24) is 0 Å². The van der Waals surface area contributed by atoms with E-state index in [9.17, 15) is 10.2 Å². The number of hydrogen-bond donors (Lipinski definition) is 2. The molecule has 0 unspecified atom stereocenters. The molecule has 1 saturated carbocycles. The van der Waals surface area contributed by atoms with Crippen molar-refractivity contribution in [2.45, 2.75) is 18.4 Å². The summed E-state index contributed by atoms with van der Waals surface area (Å²) >= 11 is 5.91. The first kappa shape index (κ1) is 9.62. The second-order valence-electron chi connectivity index (χ2n) is 3.50. The Balaban J connectivity index is 2.56. The first-order valence-corrected chi connectivity index (χ1v) is 4.74. The molecule has 76 valence electrons. The first-order chi connectivity index (χ1) is 6.58. The first-order valence-electron chi connectivity index (χ1n) is 4.37. The topological polar surface area (TPSA) is 49.7 Å². The Morgan fingerprint density at radius 1 is 1.43 bits per heavy atom. The quantitative estimate of drug-likeness (QED) is 0.792. The summed E-state index contributed by atoms with van der Waals surface area (Å²) in [7, 11) is 1.46. The van der Waals surface area contributed by atoms with E-state index in [0.717, 1.165) is 0 Å². The fourth-order valence-electron chi connectivity index (χ4n) is 1.52. The van der Waals surface area contributed by atoms with Crippen molar-refractivity contribution in [3.63, 3.8) is 0 Å². The molecule has 0 amide bonds. The molecular weight excluding hydrogens is 204 g/mol. The highest BCUT2D eigenvalue weighted by molar-refractivity contribution is 6.31. The van der Waals surface area contributed by atoms with Crippen LogP contribution in [-0.4, -0.2) is 17.3 Å². The van der Waals surface area contributed by atoms with Crippen LogP contribution in [0.15, 0.2) is 12.1 Å². The van der Waals surface area contributed by atoms with E-state index in [4.69, 9.17) is 16.3 Å². The number of aromatic hydroxyl groups is 1. The van der Waals surface area contributed by atoms with E-state index < -0.39 is 5.60 Å². The predicted molar refractivity (Wildman–Crippen MR) is 52.8 cm³/mol. The lowest BCUT2D eigenvalue weighted by atomic mass is 10.1. The highest BCUT2D eigenvalue weighted by Crippen LogP contribution is 2.53. The number of phenolic OH excluding ortho intramolecular Hbond substituents is 1. The van der Waals surface area contributed by atoms with Crippen LogP contribution in [0.3, 0.4) is 0 Å². The molecule has 2 rings (SSSR count). The van der Waals surface area contributed by atoms with E-state index in [1.807, 2.05) is 0 Å². The summed E-state index contributed by atoms with van der Waals surface area (Å²) in [6, 6.07) is 3.19. The van der Waals surface area contributed by atoms with Gasteiger partial charge in [0, 0.05) is 5.56 Å². The van der Waals surface area contributed by atoms with Crippen molar-refractivity contribution in [3.05, 3.63) is 22.7 Å². The van der Waals surface area contributed by atoms with Crippen molar-refractivity contribution >= 4 is 11.6 Å². The summed E-state index contributed by atoms with van der Waals surface area (Å²) in [5, 5.41) is 20.0. The van der Waals surface area contributed by atoms with Gasteiger partial charge in [-0.25, -0.2) is 0 Å². The van der Waals surface area contributed by atoms with Gasteiger partial charge in [-0.1, -0.05) is 11.6 Å². The van der Waals surface area contributed by atoms with Crippen LogP contribution in [0.25, 0.3) is 0 Å². The van der Waals surface area contributed by atoms with Crippen LogP contribution in [0.4, 0.5) is 0 Å². The van der Waals surface area contributed by atoms with E-state index in [2.05, 4.69) is 0 Å². The summed E-state index contributed by atoms with van der Waals surface area (Å²) in [5.41, 5.74) is -0.561. The molecule has 0 bridgehead atoms. The molecule has 1 fully saturated rings. The third-order valence-corrected chi connectivity index (χ3v) is 2.81. The minimum atomic E-state index is -0.949. The molecule has 0 heterocycles. The zero-order valence-electron chi connectivity index (χ0n) is 7.75. The molecule has 0 spiro atoms. The standard InChI is InChI=1S/C10H11ClO3/c1-14-7-3-2-6(11)8(9(7)12)10(13)4-5-10/h2-3,12-13H,4-5H2,1H3. The van der Waals surface area contributed by atoms with Gasteiger partial charge in [0.25, 0.3) is 0 Å². The van der Waals surface area contributed by atoms with Gasteiger partial charge in [-0.05, 0) is 25.0 Å². The van der Waals surface area contributed by atoms with Gasteiger partial charge in [0.2, 0.25) is 0 Å². The number of methoxy groups -OCH3 is 1. The zero-order chi connectivity index (χ0) is 10.3. The average molecular weight is 215 g/mol. The van der Waals surface area contributed by atoms with Crippen LogP contribution in [-0.2, 0) is 5.60 Å². The maximum atomic E-state index is 9.88. The Labute approximate surface area is 86.9 Å². The Bertz CT molecular complexity index is 372. The fourth-order valence-corrected chi connectivity index (χ4v) is 1.85. The second-order valence-corrected chi connectivity index (χ2v) is 3.91. The van der Waals surface area contributed by atoms with Gasteiger partial charge >= 0.3 is 0 Å². The SMILES string of the molecule is COc1ccc(Cl)c(C2(O)CC2)c1O. The van der Waals surface area contributed by atoms with Crippen molar-refractivity contribution in [2.24, 2.45) is 0 Å². The largest absolute Gasteiger partial charge is 0.504 e. The van der Waals surface area contributed by atoms with Gasteiger partial charge in [-0.3, -0.25) is 0 Å². The maximum absolute atomic E-state index is 9.88. The lowest BCUT2D eigenvalue weighted by Gasteiger charge is -2.14. The van der Waals surface area contributed by atoms with Gasteiger partial charge in [-0.2, -0.15) is 0 Å². The van der Waals surface area contributed by atoms with Gasteiger partial charge in [0.1, 0.15) is 0 Å². The molecule has 1 aromatic rings. The number of phenols is 1. The molecule has 3 nitrogen and oxygen atoms in total. The molecule has 1 aliphatic rings. The molecule has 1 aromatic carbocycles. The molecular formula is C10H11ClO3. The van der Waals surface area contributed by atoms with E-state index in [1.165, 1.54) is 7.11 Å². The molecule has 0 aliphatic heterocycles. The van der Waals surface area contributed by atoms with Gasteiger partial charge in [0.05, 0.1) is 17.7 Å². The van der Waals surface area contributed by atoms with E-state index in [0.29, 0.717) is 29.2 Å². The Morgan fingerprint density at radius 3 is 2.57 bits per heavy atom. The predicted octanol–water partition coefficient (Wildman–Crippen LogP) is 2.04. The van der Waals surface area contributed by atoms with E-state index in [-0.39, 0.29) is 5.75 Å². The molecule has 2 N–H and O–H groups in total. The third kappa shape index (κ3) is 1.33. The van der Waals surface area contributed by atoms with Crippen molar-refractivity contribution in [2.75, 3.05) is 7.11 Å². The van der Waals surface area contributed by atoms with Crippen molar-refractivity contribution in [3.8, 4) is 11.5 Å². The third-order valence-electron chi connectivity index (χ3n) is 2.50.